The number of nitro groups is 1. The first-order valence-corrected chi connectivity index (χ1v) is 7.87. The first-order chi connectivity index (χ1) is 10.1. The fourth-order valence-corrected chi connectivity index (χ4v) is 3.17. The molecule has 0 spiro atoms. The normalized spacial score (nSPS) is 21.5. The molecule has 2 aliphatic rings. The molecule has 1 aliphatic carbocycles. The van der Waals surface area contributed by atoms with E-state index in [1.54, 1.807) is 12.1 Å². The van der Waals surface area contributed by atoms with Crippen LogP contribution in [0.4, 0.5) is 11.4 Å². The number of benzene rings is 1. The molecule has 1 atom stereocenters. The van der Waals surface area contributed by atoms with Crippen LogP contribution in [-0.4, -0.2) is 30.6 Å². The first kappa shape index (κ1) is 14.3. The van der Waals surface area contributed by atoms with E-state index in [4.69, 9.17) is 0 Å². The lowest BCUT2D eigenvalue weighted by Crippen LogP contribution is -2.39. The van der Waals surface area contributed by atoms with Gasteiger partial charge >= 0.3 is 0 Å². The maximum atomic E-state index is 10.9. The molecule has 2 fully saturated rings. The number of aryl methyl sites for hydroxylation is 1. The predicted molar refractivity (Wildman–Crippen MR) is 83.8 cm³/mol. The molecule has 21 heavy (non-hydrogen) atoms. The van der Waals surface area contributed by atoms with Crippen molar-refractivity contribution < 1.29 is 4.92 Å². The Labute approximate surface area is 125 Å². The number of nitrogens with one attached hydrogen (secondary N) is 1. The molecular formula is C16H23N3O2. The van der Waals surface area contributed by atoms with Crippen molar-refractivity contribution in [2.45, 2.75) is 38.6 Å². The third-order valence-electron chi connectivity index (χ3n) is 4.51. The Balaban J connectivity index is 1.78. The minimum absolute atomic E-state index is 0.182. The van der Waals surface area contributed by atoms with E-state index in [2.05, 4.69) is 10.2 Å². The summed E-state index contributed by atoms with van der Waals surface area (Å²) in [6.07, 6.45) is 5.12. The van der Waals surface area contributed by atoms with Gasteiger partial charge in [-0.1, -0.05) is 0 Å². The van der Waals surface area contributed by atoms with Crippen LogP contribution in [0.3, 0.4) is 0 Å². The molecule has 5 heteroatoms. The quantitative estimate of drug-likeness (QED) is 0.646. The van der Waals surface area contributed by atoms with Gasteiger partial charge in [-0.2, -0.15) is 0 Å². The van der Waals surface area contributed by atoms with Gasteiger partial charge in [0.25, 0.3) is 5.69 Å². The predicted octanol–water partition coefficient (Wildman–Crippen LogP) is 2.87. The standard InChI is InChI=1S/C16H23N3O2/c1-12-9-15(19(20)21)6-7-16(12)18(10-13-4-5-13)11-14-3-2-8-17-14/h6-7,9,13-14,17H,2-5,8,10-11H2,1H3. The Morgan fingerprint density at radius 3 is 2.71 bits per heavy atom. The molecule has 0 bridgehead atoms. The lowest BCUT2D eigenvalue weighted by atomic mass is 10.1. The highest BCUT2D eigenvalue weighted by Crippen LogP contribution is 2.33. The summed E-state index contributed by atoms with van der Waals surface area (Å²) in [6, 6.07) is 5.80. The number of non-ortho nitro benzene ring substituents is 1. The topological polar surface area (TPSA) is 58.4 Å². The summed E-state index contributed by atoms with van der Waals surface area (Å²) < 4.78 is 0. The van der Waals surface area contributed by atoms with Crippen LogP contribution in [0, 0.1) is 23.0 Å². The maximum Gasteiger partial charge on any atom is 0.269 e. The van der Waals surface area contributed by atoms with E-state index in [9.17, 15) is 10.1 Å². The Morgan fingerprint density at radius 1 is 1.33 bits per heavy atom. The van der Waals surface area contributed by atoms with Gasteiger partial charge < -0.3 is 10.2 Å². The highest BCUT2D eigenvalue weighted by molar-refractivity contribution is 5.57. The van der Waals surface area contributed by atoms with Crippen LogP contribution >= 0.6 is 0 Å². The minimum Gasteiger partial charge on any atom is -0.369 e. The van der Waals surface area contributed by atoms with E-state index in [0.717, 1.165) is 36.8 Å². The van der Waals surface area contributed by atoms with Gasteiger partial charge in [-0.3, -0.25) is 10.1 Å². The van der Waals surface area contributed by atoms with E-state index in [0.29, 0.717) is 6.04 Å². The van der Waals surface area contributed by atoms with E-state index >= 15 is 0 Å². The van der Waals surface area contributed by atoms with Crippen LogP contribution in [0.2, 0.25) is 0 Å². The molecule has 1 saturated heterocycles. The molecule has 1 aliphatic heterocycles. The van der Waals surface area contributed by atoms with Crippen molar-refractivity contribution in [2.75, 3.05) is 24.5 Å². The minimum atomic E-state index is -0.319. The van der Waals surface area contributed by atoms with E-state index in [1.165, 1.54) is 25.7 Å². The average Bonchev–Trinajstić information content (AvgIpc) is 3.11. The van der Waals surface area contributed by atoms with Gasteiger partial charge in [0.15, 0.2) is 0 Å². The van der Waals surface area contributed by atoms with Gasteiger partial charge in [0.05, 0.1) is 4.92 Å². The highest BCUT2D eigenvalue weighted by Gasteiger charge is 2.27. The lowest BCUT2D eigenvalue weighted by molar-refractivity contribution is -0.384. The molecular weight excluding hydrogens is 266 g/mol. The van der Waals surface area contributed by atoms with Crippen molar-refractivity contribution >= 4 is 11.4 Å². The summed E-state index contributed by atoms with van der Waals surface area (Å²) >= 11 is 0. The molecule has 3 rings (SSSR count). The molecule has 5 nitrogen and oxygen atoms in total. The molecule has 1 aromatic rings. The number of rotatable bonds is 6. The summed E-state index contributed by atoms with van der Waals surface area (Å²) in [5.74, 6) is 0.806. The van der Waals surface area contributed by atoms with E-state index < -0.39 is 0 Å². The van der Waals surface area contributed by atoms with Gasteiger partial charge in [0.1, 0.15) is 0 Å². The van der Waals surface area contributed by atoms with Crippen molar-refractivity contribution in [3.63, 3.8) is 0 Å². The van der Waals surface area contributed by atoms with E-state index in [1.807, 2.05) is 13.0 Å². The molecule has 0 amide bonds. The summed E-state index contributed by atoms with van der Waals surface area (Å²) in [4.78, 5) is 13.0. The molecule has 1 heterocycles. The zero-order chi connectivity index (χ0) is 14.8. The van der Waals surface area contributed by atoms with Crippen LogP contribution in [0.1, 0.15) is 31.2 Å². The smallest absolute Gasteiger partial charge is 0.269 e. The van der Waals surface area contributed by atoms with E-state index in [-0.39, 0.29) is 10.6 Å². The second-order valence-corrected chi connectivity index (χ2v) is 6.37. The Morgan fingerprint density at radius 2 is 2.14 bits per heavy atom. The third-order valence-corrected chi connectivity index (χ3v) is 4.51. The van der Waals surface area contributed by atoms with Crippen molar-refractivity contribution in [1.82, 2.24) is 5.32 Å². The van der Waals surface area contributed by atoms with Crippen molar-refractivity contribution in [2.24, 2.45) is 5.92 Å². The Bertz CT molecular complexity index is 522. The first-order valence-electron chi connectivity index (χ1n) is 7.87. The van der Waals surface area contributed by atoms with Crippen LogP contribution in [-0.2, 0) is 0 Å². The van der Waals surface area contributed by atoms with Crippen LogP contribution < -0.4 is 10.2 Å². The molecule has 0 aromatic heterocycles. The molecule has 1 unspecified atom stereocenters. The SMILES string of the molecule is Cc1cc([N+](=O)[O-])ccc1N(CC1CC1)CC1CCCN1. The van der Waals surface area contributed by atoms with Crippen LogP contribution in [0.5, 0.6) is 0 Å². The molecule has 114 valence electrons. The molecule has 1 N–H and O–H groups in total. The number of anilines is 1. The fourth-order valence-electron chi connectivity index (χ4n) is 3.17. The van der Waals surface area contributed by atoms with Gasteiger partial charge in [-0.05, 0) is 56.7 Å². The van der Waals surface area contributed by atoms with Gasteiger partial charge in [0.2, 0.25) is 0 Å². The van der Waals surface area contributed by atoms with Crippen molar-refractivity contribution in [3.05, 3.63) is 33.9 Å². The molecule has 0 radical (unpaired) electrons. The second kappa shape index (κ2) is 6.02. The summed E-state index contributed by atoms with van der Waals surface area (Å²) in [6.45, 7) is 5.18. The average molecular weight is 289 g/mol. The van der Waals surface area contributed by atoms with Crippen molar-refractivity contribution in [1.29, 1.82) is 0 Å². The summed E-state index contributed by atoms with van der Waals surface area (Å²) in [5, 5.41) is 14.4. The third kappa shape index (κ3) is 3.53. The number of hydrogen-bond donors (Lipinski definition) is 1. The molecule has 1 saturated carbocycles. The van der Waals surface area contributed by atoms with Gasteiger partial charge in [-0.15, -0.1) is 0 Å². The highest BCUT2D eigenvalue weighted by atomic mass is 16.6. The Kier molecular flexibility index (Phi) is 4.10. The summed E-state index contributed by atoms with van der Waals surface area (Å²) in [5.41, 5.74) is 2.34. The fraction of sp³-hybridized carbons (Fsp3) is 0.625. The number of hydrogen-bond acceptors (Lipinski definition) is 4. The maximum absolute atomic E-state index is 10.9. The Hall–Kier alpha value is -1.62. The number of nitro benzene ring substituents is 1. The number of nitrogens with zero attached hydrogens (tertiary/aromatic N) is 2. The largest absolute Gasteiger partial charge is 0.369 e. The monoisotopic (exact) mass is 289 g/mol. The molecule has 1 aromatic carbocycles. The zero-order valence-corrected chi connectivity index (χ0v) is 12.5. The lowest BCUT2D eigenvalue weighted by Gasteiger charge is -2.29. The second-order valence-electron chi connectivity index (χ2n) is 6.37. The summed E-state index contributed by atoms with van der Waals surface area (Å²) in [7, 11) is 0. The van der Waals surface area contributed by atoms with Gasteiger partial charge in [-0.25, -0.2) is 0 Å². The van der Waals surface area contributed by atoms with Gasteiger partial charge in [0, 0.05) is 37.0 Å². The zero-order valence-electron chi connectivity index (χ0n) is 12.5. The van der Waals surface area contributed by atoms with Crippen molar-refractivity contribution in [3.8, 4) is 0 Å². The van der Waals surface area contributed by atoms with Crippen LogP contribution in [0.15, 0.2) is 18.2 Å². The van der Waals surface area contributed by atoms with Crippen LogP contribution in [0.25, 0.3) is 0 Å².